The van der Waals surface area contributed by atoms with Gasteiger partial charge in [-0.1, -0.05) is 62.4 Å². The SMILES string of the molecule is CC(C)CC(NC(=O)C(CC(N)=O)NC(=O)C(Cc1ccccc1)NC(=O)C(N)Cc1c[nH]c2ccccc12)C(=O)O. The number of aromatic nitrogens is 1. The number of rotatable bonds is 15. The first-order chi connectivity index (χ1) is 19.9. The van der Waals surface area contributed by atoms with Crippen molar-refractivity contribution in [1.29, 1.82) is 0 Å². The number of carboxylic acid groups (broad SMARTS) is 1. The summed E-state index contributed by atoms with van der Waals surface area (Å²) in [5.41, 5.74) is 14.0. The molecule has 12 heteroatoms. The first kappa shape index (κ1) is 31.8. The number of hydrogen-bond donors (Lipinski definition) is 7. The van der Waals surface area contributed by atoms with Crippen LogP contribution < -0.4 is 27.4 Å². The van der Waals surface area contributed by atoms with Crippen molar-refractivity contribution in [2.24, 2.45) is 17.4 Å². The first-order valence-electron chi connectivity index (χ1n) is 13.7. The zero-order chi connectivity index (χ0) is 30.8. The van der Waals surface area contributed by atoms with Crippen molar-refractivity contribution in [2.75, 3.05) is 0 Å². The molecule has 1 aromatic heterocycles. The molecule has 0 aliphatic carbocycles. The number of nitrogens with two attached hydrogens (primary N) is 2. The van der Waals surface area contributed by atoms with Crippen LogP contribution in [0.3, 0.4) is 0 Å². The summed E-state index contributed by atoms with van der Waals surface area (Å²) in [7, 11) is 0. The van der Waals surface area contributed by atoms with Gasteiger partial charge in [0.25, 0.3) is 0 Å². The summed E-state index contributed by atoms with van der Waals surface area (Å²) < 4.78 is 0. The fourth-order valence-electron chi connectivity index (χ4n) is 4.62. The number of carbonyl (C=O) groups excluding carboxylic acids is 4. The van der Waals surface area contributed by atoms with Crippen LogP contribution in [-0.2, 0) is 36.8 Å². The molecule has 12 nitrogen and oxygen atoms in total. The molecular formula is C30H38N6O6. The number of fused-ring (bicyclic) bond motifs is 1. The van der Waals surface area contributed by atoms with E-state index in [4.69, 9.17) is 11.5 Å². The van der Waals surface area contributed by atoms with Crippen molar-refractivity contribution in [2.45, 2.75) is 63.7 Å². The van der Waals surface area contributed by atoms with Crippen LogP contribution in [0.1, 0.15) is 37.8 Å². The third kappa shape index (κ3) is 9.16. The third-order valence-electron chi connectivity index (χ3n) is 6.73. The van der Waals surface area contributed by atoms with Crippen LogP contribution in [0, 0.1) is 5.92 Å². The zero-order valence-corrected chi connectivity index (χ0v) is 23.6. The Balaban J connectivity index is 1.77. The van der Waals surface area contributed by atoms with Gasteiger partial charge in [0, 0.05) is 23.5 Å². The van der Waals surface area contributed by atoms with E-state index in [0.29, 0.717) is 0 Å². The molecule has 0 bridgehead atoms. The molecule has 224 valence electrons. The fraction of sp³-hybridized carbons (Fsp3) is 0.367. The van der Waals surface area contributed by atoms with Crippen molar-refractivity contribution in [3.05, 3.63) is 71.9 Å². The van der Waals surface area contributed by atoms with E-state index in [1.807, 2.05) is 24.3 Å². The van der Waals surface area contributed by atoms with Gasteiger partial charge in [0.1, 0.15) is 18.1 Å². The zero-order valence-electron chi connectivity index (χ0n) is 23.6. The Morgan fingerprint density at radius 2 is 1.40 bits per heavy atom. The topological polar surface area (TPSA) is 209 Å². The smallest absolute Gasteiger partial charge is 0.326 e. The van der Waals surface area contributed by atoms with Crippen molar-refractivity contribution in [1.82, 2.24) is 20.9 Å². The van der Waals surface area contributed by atoms with E-state index < -0.39 is 60.2 Å². The second-order valence-corrected chi connectivity index (χ2v) is 10.7. The van der Waals surface area contributed by atoms with Crippen LogP contribution in [0.25, 0.3) is 10.9 Å². The largest absolute Gasteiger partial charge is 0.480 e. The van der Waals surface area contributed by atoms with Crippen LogP contribution in [0.4, 0.5) is 0 Å². The van der Waals surface area contributed by atoms with E-state index in [2.05, 4.69) is 20.9 Å². The molecule has 4 atom stereocenters. The maximum Gasteiger partial charge on any atom is 0.326 e. The first-order valence-corrected chi connectivity index (χ1v) is 13.7. The maximum absolute atomic E-state index is 13.5. The lowest BCUT2D eigenvalue weighted by Gasteiger charge is -2.25. The Kier molecular flexibility index (Phi) is 11.2. The fourth-order valence-corrected chi connectivity index (χ4v) is 4.62. The summed E-state index contributed by atoms with van der Waals surface area (Å²) in [6, 6.07) is 11.6. The molecule has 0 aliphatic heterocycles. The van der Waals surface area contributed by atoms with Gasteiger partial charge in [-0.05, 0) is 36.0 Å². The van der Waals surface area contributed by atoms with Crippen molar-refractivity contribution >= 4 is 40.5 Å². The summed E-state index contributed by atoms with van der Waals surface area (Å²) in [4.78, 5) is 66.2. The second kappa shape index (κ2) is 14.8. The quantitative estimate of drug-likeness (QED) is 0.137. The second-order valence-electron chi connectivity index (χ2n) is 10.7. The lowest BCUT2D eigenvalue weighted by atomic mass is 10.0. The van der Waals surface area contributed by atoms with Crippen LogP contribution in [0.2, 0.25) is 0 Å². The van der Waals surface area contributed by atoms with Crippen molar-refractivity contribution in [3.8, 4) is 0 Å². The minimum absolute atomic E-state index is 0.0467. The maximum atomic E-state index is 13.5. The number of aromatic amines is 1. The monoisotopic (exact) mass is 578 g/mol. The van der Waals surface area contributed by atoms with Gasteiger partial charge in [-0.3, -0.25) is 19.2 Å². The normalized spacial score (nSPS) is 14.0. The van der Waals surface area contributed by atoms with Gasteiger partial charge < -0.3 is 37.5 Å². The third-order valence-corrected chi connectivity index (χ3v) is 6.73. The van der Waals surface area contributed by atoms with Gasteiger partial charge in [0.15, 0.2) is 0 Å². The molecule has 9 N–H and O–H groups in total. The lowest BCUT2D eigenvalue weighted by Crippen LogP contribution is -2.58. The molecule has 4 amide bonds. The molecule has 42 heavy (non-hydrogen) atoms. The molecule has 0 fully saturated rings. The predicted octanol–water partition coefficient (Wildman–Crippen LogP) is 0.741. The van der Waals surface area contributed by atoms with Gasteiger partial charge in [-0.15, -0.1) is 0 Å². The van der Waals surface area contributed by atoms with Gasteiger partial charge in [-0.25, -0.2) is 4.79 Å². The molecular weight excluding hydrogens is 540 g/mol. The predicted molar refractivity (Wildman–Crippen MR) is 157 cm³/mol. The van der Waals surface area contributed by atoms with E-state index in [-0.39, 0.29) is 25.2 Å². The standard InChI is InChI=1S/C30H38N6O6/c1-17(2)12-25(30(41)42)36-29(40)24(15-26(32)37)35-28(39)23(13-18-8-4-3-5-9-18)34-27(38)21(31)14-19-16-33-22-11-7-6-10-20(19)22/h3-11,16-17,21,23-25,33H,12-15,31H2,1-2H3,(H2,32,37)(H,34,38)(H,35,39)(H,36,40)(H,41,42). The number of nitrogens with one attached hydrogen (secondary N) is 4. The van der Waals surface area contributed by atoms with E-state index in [1.54, 1.807) is 50.4 Å². The Bertz CT molecular complexity index is 1410. The molecule has 0 saturated heterocycles. The number of carbonyl (C=O) groups is 5. The summed E-state index contributed by atoms with van der Waals surface area (Å²) in [5.74, 6) is -4.40. The number of amides is 4. The van der Waals surface area contributed by atoms with E-state index >= 15 is 0 Å². The number of aliphatic carboxylic acids is 1. The van der Waals surface area contributed by atoms with Gasteiger partial charge in [-0.2, -0.15) is 0 Å². The van der Waals surface area contributed by atoms with Crippen molar-refractivity contribution < 1.29 is 29.1 Å². The number of primary amides is 1. The summed E-state index contributed by atoms with van der Waals surface area (Å²) in [5, 5.41) is 18.0. The minimum atomic E-state index is -1.46. The number of hydrogen-bond acceptors (Lipinski definition) is 6. The minimum Gasteiger partial charge on any atom is -0.480 e. The number of para-hydroxylation sites is 1. The molecule has 0 radical (unpaired) electrons. The molecule has 0 spiro atoms. The molecule has 3 aromatic rings. The average Bonchev–Trinajstić information content (AvgIpc) is 3.34. The summed E-state index contributed by atoms with van der Waals surface area (Å²) >= 11 is 0. The Hall–Kier alpha value is -4.71. The molecule has 4 unspecified atom stereocenters. The van der Waals surface area contributed by atoms with E-state index in [0.717, 1.165) is 22.0 Å². The van der Waals surface area contributed by atoms with E-state index in [9.17, 15) is 29.1 Å². The number of carboxylic acids is 1. The lowest BCUT2D eigenvalue weighted by molar-refractivity contribution is -0.143. The molecule has 2 aromatic carbocycles. The molecule has 0 saturated carbocycles. The highest BCUT2D eigenvalue weighted by atomic mass is 16.4. The van der Waals surface area contributed by atoms with Crippen LogP contribution in [0.5, 0.6) is 0 Å². The van der Waals surface area contributed by atoms with E-state index in [1.165, 1.54) is 0 Å². The molecule has 3 rings (SSSR count). The highest BCUT2D eigenvalue weighted by molar-refractivity contribution is 5.96. The Morgan fingerprint density at radius 1 is 0.810 bits per heavy atom. The average molecular weight is 579 g/mol. The Labute approximate surface area is 243 Å². The summed E-state index contributed by atoms with van der Waals surface area (Å²) in [6.45, 7) is 3.59. The van der Waals surface area contributed by atoms with Gasteiger partial charge >= 0.3 is 5.97 Å². The number of benzene rings is 2. The van der Waals surface area contributed by atoms with Gasteiger partial charge in [0.05, 0.1) is 12.5 Å². The Morgan fingerprint density at radius 3 is 2.05 bits per heavy atom. The van der Waals surface area contributed by atoms with Crippen molar-refractivity contribution in [3.63, 3.8) is 0 Å². The van der Waals surface area contributed by atoms with Crippen LogP contribution in [-0.4, -0.2) is 63.9 Å². The highest BCUT2D eigenvalue weighted by Gasteiger charge is 2.31. The van der Waals surface area contributed by atoms with Crippen LogP contribution >= 0.6 is 0 Å². The molecule has 0 aliphatic rings. The summed E-state index contributed by atoms with van der Waals surface area (Å²) in [6.07, 6.45) is 1.61. The highest BCUT2D eigenvalue weighted by Crippen LogP contribution is 2.19. The van der Waals surface area contributed by atoms with Gasteiger partial charge in [0.2, 0.25) is 23.6 Å². The molecule has 1 heterocycles. The number of H-pyrrole nitrogens is 1. The van der Waals surface area contributed by atoms with Crippen LogP contribution in [0.15, 0.2) is 60.8 Å².